The van der Waals surface area contributed by atoms with Crippen molar-refractivity contribution in [1.82, 2.24) is 0 Å². The SMILES string of the molecule is C=C(C)C(=O)Oc1c(I)cc(COC(=O)c2cccc(C(=O)O)c2O)cc1I. The Hall–Kier alpha value is -2.15. The Morgan fingerprint density at radius 1 is 1.11 bits per heavy atom. The lowest BCUT2D eigenvalue weighted by molar-refractivity contribution is -0.130. The molecule has 28 heavy (non-hydrogen) atoms. The smallest absolute Gasteiger partial charge is 0.342 e. The molecule has 0 bridgehead atoms. The Kier molecular flexibility index (Phi) is 7.41. The van der Waals surface area contributed by atoms with Gasteiger partial charge in [0.05, 0.1) is 7.14 Å². The molecule has 0 fully saturated rings. The standard InChI is InChI=1S/C19H14I2O7/c1-9(2)18(25)28-16-13(20)6-10(7-14(16)21)8-27-19(26)12-5-3-4-11(15(12)22)17(23)24/h3-7,22H,1,8H2,2H3,(H,23,24). The fourth-order valence-corrected chi connectivity index (χ4v) is 4.20. The third kappa shape index (κ3) is 5.22. The number of esters is 2. The molecule has 0 amide bonds. The van der Waals surface area contributed by atoms with Gasteiger partial charge in [0.2, 0.25) is 0 Å². The number of hydrogen-bond acceptors (Lipinski definition) is 6. The van der Waals surface area contributed by atoms with Gasteiger partial charge in [-0.3, -0.25) is 0 Å². The van der Waals surface area contributed by atoms with Crippen LogP contribution in [0.25, 0.3) is 0 Å². The summed E-state index contributed by atoms with van der Waals surface area (Å²) in [5.41, 5.74) is 0.276. The number of para-hydroxylation sites is 1. The number of carbonyl (C=O) groups excluding carboxylic acids is 2. The molecule has 0 radical (unpaired) electrons. The second-order valence-electron chi connectivity index (χ2n) is 5.64. The lowest BCUT2D eigenvalue weighted by Crippen LogP contribution is -2.11. The first-order chi connectivity index (χ1) is 13.1. The molecule has 0 atom stereocenters. The lowest BCUT2D eigenvalue weighted by atomic mass is 10.1. The Morgan fingerprint density at radius 3 is 2.21 bits per heavy atom. The van der Waals surface area contributed by atoms with Gasteiger partial charge in [-0.05, 0) is 81.9 Å². The number of rotatable bonds is 6. The van der Waals surface area contributed by atoms with Gasteiger partial charge >= 0.3 is 17.9 Å². The number of phenols is 1. The zero-order chi connectivity index (χ0) is 21.0. The van der Waals surface area contributed by atoms with E-state index in [0.717, 1.165) is 0 Å². The van der Waals surface area contributed by atoms with Crippen LogP contribution in [0.2, 0.25) is 0 Å². The molecule has 0 unspecified atom stereocenters. The van der Waals surface area contributed by atoms with E-state index >= 15 is 0 Å². The highest BCUT2D eigenvalue weighted by molar-refractivity contribution is 14.1. The fourth-order valence-electron chi connectivity index (χ4n) is 2.08. The van der Waals surface area contributed by atoms with Crippen LogP contribution < -0.4 is 4.74 Å². The van der Waals surface area contributed by atoms with Crippen LogP contribution in [0.5, 0.6) is 11.5 Å². The van der Waals surface area contributed by atoms with Crippen LogP contribution in [0.1, 0.15) is 33.2 Å². The summed E-state index contributed by atoms with van der Waals surface area (Å²) >= 11 is 3.99. The molecule has 0 saturated heterocycles. The van der Waals surface area contributed by atoms with Gasteiger partial charge in [0.15, 0.2) is 5.75 Å². The Labute approximate surface area is 187 Å². The predicted octanol–water partition coefficient (Wildman–Crippen LogP) is 4.14. The maximum absolute atomic E-state index is 12.2. The molecular formula is C19H14I2O7. The fraction of sp³-hybridized carbons (Fsp3) is 0.105. The number of carboxylic acids is 1. The quantitative estimate of drug-likeness (QED) is 0.220. The minimum atomic E-state index is -1.35. The molecule has 0 saturated carbocycles. The summed E-state index contributed by atoms with van der Waals surface area (Å²) in [5, 5.41) is 18.9. The van der Waals surface area contributed by atoms with Crippen LogP contribution in [-0.4, -0.2) is 28.1 Å². The van der Waals surface area contributed by atoms with E-state index in [1.165, 1.54) is 18.2 Å². The van der Waals surface area contributed by atoms with E-state index in [2.05, 4.69) is 6.58 Å². The topological polar surface area (TPSA) is 110 Å². The van der Waals surface area contributed by atoms with Crippen LogP contribution in [-0.2, 0) is 16.1 Å². The highest BCUT2D eigenvalue weighted by Gasteiger charge is 2.20. The molecule has 0 aliphatic heterocycles. The number of aromatic hydroxyl groups is 1. The molecule has 0 aliphatic rings. The van der Waals surface area contributed by atoms with Gasteiger partial charge < -0.3 is 19.7 Å². The molecule has 7 nitrogen and oxygen atoms in total. The first-order valence-corrected chi connectivity index (χ1v) is 9.85. The van der Waals surface area contributed by atoms with Crippen LogP contribution >= 0.6 is 45.2 Å². The van der Waals surface area contributed by atoms with Crippen molar-refractivity contribution in [2.24, 2.45) is 0 Å². The van der Waals surface area contributed by atoms with Crippen LogP contribution in [0.4, 0.5) is 0 Å². The molecule has 9 heteroatoms. The third-order valence-electron chi connectivity index (χ3n) is 3.46. The molecule has 0 spiro atoms. The summed E-state index contributed by atoms with van der Waals surface area (Å²) in [4.78, 5) is 35.0. The summed E-state index contributed by atoms with van der Waals surface area (Å²) in [5.74, 6) is -3.01. The lowest BCUT2D eigenvalue weighted by Gasteiger charge is -2.12. The number of hydrogen-bond donors (Lipinski definition) is 2. The number of aromatic carboxylic acids is 1. The number of carboxylic acid groups (broad SMARTS) is 1. The minimum Gasteiger partial charge on any atom is -0.506 e. The van der Waals surface area contributed by atoms with Crippen LogP contribution in [0, 0.1) is 7.14 Å². The highest BCUT2D eigenvalue weighted by Crippen LogP contribution is 2.30. The van der Waals surface area contributed by atoms with E-state index in [9.17, 15) is 19.5 Å². The summed E-state index contributed by atoms with van der Waals surface area (Å²) in [7, 11) is 0. The highest BCUT2D eigenvalue weighted by atomic mass is 127. The minimum absolute atomic E-state index is 0.115. The van der Waals surface area contributed by atoms with E-state index in [1.807, 2.05) is 45.2 Å². The number of benzene rings is 2. The molecule has 2 aromatic rings. The van der Waals surface area contributed by atoms with E-state index < -0.39 is 23.7 Å². The molecular weight excluding hydrogens is 594 g/mol. The van der Waals surface area contributed by atoms with Gasteiger partial charge in [-0.2, -0.15) is 0 Å². The largest absolute Gasteiger partial charge is 0.506 e. The second kappa shape index (κ2) is 9.37. The number of carbonyl (C=O) groups is 3. The summed E-state index contributed by atoms with van der Waals surface area (Å²) in [6, 6.07) is 7.17. The van der Waals surface area contributed by atoms with Crippen LogP contribution in [0.3, 0.4) is 0 Å². The zero-order valence-corrected chi connectivity index (χ0v) is 18.8. The van der Waals surface area contributed by atoms with Crippen molar-refractivity contribution in [1.29, 1.82) is 0 Å². The van der Waals surface area contributed by atoms with Crippen molar-refractivity contribution in [3.8, 4) is 11.5 Å². The van der Waals surface area contributed by atoms with E-state index in [4.69, 9.17) is 14.6 Å². The van der Waals surface area contributed by atoms with Gasteiger partial charge in [-0.15, -0.1) is 0 Å². The van der Waals surface area contributed by atoms with E-state index in [-0.39, 0.29) is 23.3 Å². The van der Waals surface area contributed by atoms with Crippen molar-refractivity contribution in [2.45, 2.75) is 13.5 Å². The van der Waals surface area contributed by atoms with Crippen molar-refractivity contribution in [3.63, 3.8) is 0 Å². The predicted molar refractivity (Wildman–Crippen MR) is 117 cm³/mol. The summed E-state index contributed by atoms with van der Waals surface area (Å²) in [6.45, 7) is 4.97. The summed E-state index contributed by atoms with van der Waals surface area (Å²) in [6.07, 6.45) is 0. The van der Waals surface area contributed by atoms with E-state index in [0.29, 0.717) is 18.5 Å². The molecule has 146 valence electrons. The summed E-state index contributed by atoms with van der Waals surface area (Å²) < 4.78 is 11.7. The van der Waals surface area contributed by atoms with Gasteiger partial charge in [-0.1, -0.05) is 12.6 Å². The zero-order valence-electron chi connectivity index (χ0n) is 14.5. The molecule has 0 heterocycles. The van der Waals surface area contributed by atoms with Crippen molar-refractivity contribution in [3.05, 3.63) is 66.3 Å². The second-order valence-corrected chi connectivity index (χ2v) is 7.97. The van der Waals surface area contributed by atoms with Crippen molar-refractivity contribution < 1.29 is 34.1 Å². The Morgan fingerprint density at radius 2 is 1.68 bits per heavy atom. The number of ether oxygens (including phenoxy) is 2. The molecule has 0 aliphatic carbocycles. The van der Waals surface area contributed by atoms with Gasteiger partial charge in [0.1, 0.15) is 23.5 Å². The third-order valence-corrected chi connectivity index (χ3v) is 5.06. The van der Waals surface area contributed by atoms with E-state index in [1.54, 1.807) is 19.1 Å². The maximum Gasteiger partial charge on any atom is 0.342 e. The van der Waals surface area contributed by atoms with Gasteiger partial charge in [-0.25, -0.2) is 14.4 Å². The molecule has 2 N–H and O–H groups in total. The van der Waals surface area contributed by atoms with Crippen molar-refractivity contribution in [2.75, 3.05) is 0 Å². The molecule has 2 aromatic carbocycles. The maximum atomic E-state index is 12.2. The van der Waals surface area contributed by atoms with Crippen LogP contribution in [0.15, 0.2) is 42.5 Å². The van der Waals surface area contributed by atoms with Gasteiger partial charge in [0, 0.05) is 5.57 Å². The normalized spacial score (nSPS) is 10.2. The van der Waals surface area contributed by atoms with Gasteiger partial charge in [0.25, 0.3) is 0 Å². The first-order valence-electron chi connectivity index (χ1n) is 7.69. The molecule has 0 aromatic heterocycles. The Bertz CT molecular complexity index is 959. The monoisotopic (exact) mass is 608 g/mol. The number of halogens is 2. The van der Waals surface area contributed by atoms with Crippen molar-refractivity contribution >= 4 is 63.1 Å². The first kappa shape index (κ1) is 22.1. The molecule has 2 rings (SSSR count). The Balaban J connectivity index is 2.16. The average molecular weight is 608 g/mol. The average Bonchev–Trinajstić information content (AvgIpc) is 2.62.